The summed E-state index contributed by atoms with van der Waals surface area (Å²) in [6.07, 6.45) is 12.3. The minimum atomic E-state index is 0.00501. The average Bonchev–Trinajstić information content (AvgIpc) is 2.70. The van der Waals surface area contributed by atoms with Gasteiger partial charge < -0.3 is 21.7 Å². The van der Waals surface area contributed by atoms with Crippen LogP contribution in [0.15, 0.2) is 60.6 Å². The molecule has 5 N–H and O–H groups in total. The van der Waals surface area contributed by atoms with Crippen LogP contribution in [0.2, 0.25) is 0 Å². The number of hydrogen-bond acceptors (Lipinski definition) is 4. The molecular weight excluding hydrogens is 348 g/mol. The van der Waals surface area contributed by atoms with Crippen molar-refractivity contribution < 1.29 is 4.79 Å². The standard InChI is InChI=1S/C23H34N4O/c1-3-4-11-21(25)14-15-27(18(2)24)17-19-9-8-10-20(16-19)23(28)26-22-12-6-5-7-13-22/h3-4,8-11,16,22H,2,5-7,12-15,17,24-25H2,1H3,(H,26,28)/b4-3-,21-11+. The van der Waals surface area contributed by atoms with Gasteiger partial charge in [0, 0.05) is 36.8 Å². The van der Waals surface area contributed by atoms with E-state index in [1.54, 1.807) is 0 Å². The van der Waals surface area contributed by atoms with Gasteiger partial charge in [0.05, 0.1) is 5.82 Å². The quantitative estimate of drug-likeness (QED) is 0.567. The van der Waals surface area contributed by atoms with Crippen LogP contribution in [0.5, 0.6) is 0 Å². The van der Waals surface area contributed by atoms with Crippen LogP contribution in [0.4, 0.5) is 0 Å². The van der Waals surface area contributed by atoms with Gasteiger partial charge in [-0.2, -0.15) is 0 Å². The Labute approximate surface area is 169 Å². The fourth-order valence-electron chi connectivity index (χ4n) is 3.44. The summed E-state index contributed by atoms with van der Waals surface area (Å²) in [4.78, 5) is 14.6. The number of carbonyl (C=O) groups excluding carboxylic acids is 1. The van der Waals surface area contributed by atoms with Gasteiger partial charge in [-0.1, -0.05) is 50.1 Å². The summed E-state index contributed by atoms with van der Waals surface area (Å²) >= 11 is 0. The number of hydrogen-bond donors (Lipinski definition) is 3. The van der Waals surface area contributed by atoms with Crippen molar-refractivity contribution in [3.63, 3.8) is 0 Å². The molecule has 0 aromatic heterocycles. The van der Waals surface area contributed by atoms with Gasteiger partial charge in [0.25, 0.3) is 5.91 Å². The fourth-order valence-corrected chi connectivity index (χ4v) is 3.44. The highest BCUT2D eigenvalue weighted by molar-refractivity contribution is 5.94. The number of benzene rings is 1. The van der Waals surface area contributed by atoms with E-state index < -0.39 is 0 Å². The van der Waals surface area contributed by atoms with E-state index in [9.17, 15) is 4.79 Å². The van der Waals surface area contributed by atoms with Gasteiger partial charge in [-0.3, -0.25) is 4.79 Å². The smallest absolute Gasteiger partial charge is 0.251 e. The summed E-state index contributed by atoms with van der Waals surface area (Å²) in [5.41, 5.74) is 14.5. The summed E-state index contributed by atoms with van der Waals surface area (Å²) in [6, 6.07) is 8.03. The number of allylic oxidation sites excluding steroid dienone is 3. The lowest BCUT2D eigenvalue weighted by Gasteiger charge is -2.25. The molecule has 5 heteroatoms. The zero-order valence-corrected chi connectivity index (χ0v) is 17.0. The van der Waals surface area contributed by atoms with Crippen molar-refractivity contribution in [1.82, 2.24) is 10.2 Å². The number of nitrogens with zero attached hydrogens (tertiary/aromatic N) is 1. The minimum absolute atomic E-state index is 0.00501. The average molecular weight is 383 g/mol. The van der Waals surface area contributed by atoms with Crippen LogP contribution >= 0.6 is 0 Å². The van der Waals surface area contributed by atoms with Crippen LogP contribution in [0.1, 0.15) is 61.4 Å². The first-order valence-corrected chi connectivity index (χ1v) is 10.2. The summed E-state index contributed by atoms with van der Waals surface area (Å²) in [5.74, 6) is 0.501. The summed E-state index contributed by atoms with van der Waals surface area (Å²) in [5, 5.41) is 3.17. The fraction of sp³-hybridized carbons (Fsp3) is 0.435. The maximum absolute atomic E-state index is 12.6. The molecule has 1 aromatic carbocycles. The van der Waals surface area contributed by atoms with Crippen molar-refractivity contribution >= 4 is 5.91 Å². The number of amides is 1. The second-order valence-corrected chi connectivity index (χ2v) is 7.44. The molecule has 0 saturated heterocycles. The Balaban J connectivity index is 1.98. The van der Waals surface area contributed by atoms with Crippen molar-refractivity contribution in [2.75, 3.05) is 6.54 Å². The lowest BCUT2D eigenvalue weighted by Crippen LogP contribution is -2.36. The zero-order chi connectivity index (χ0) is 20.4. The molecule has 0 unspecified atom stereocenters. The Morgan fingerprint density at radius 3 is 2.71 bits per heavy atom. The predicted octanol–water partition coefficient (Wildman–Crippen LogP) is 3.79. The Bertz CT molecular complexity index is 717. The van der Waals surface area contributed by atoms with E-state index in [-0.39, 0.29) is 5.91 Å². The van der Waals surface area contributed by atoms with Gasteiger partial charge in [0.1, 0.15) is 0 Å². The Hall–Kier alpha value is -2.69. The Morgan fingerprint density at radius 2 is 2.04 bits per heavy atom. The largest absolute Gasteiger partial charge is 0.402 e. The first kappa shape index (κ1) is 21.6. The zero-order valence-electron chi connectivity index (χ0n) is 17.0. The van der Waals surface area contributed by atoms with Crippen LogP contribution in [-0.2, 0) is 6.54 Å². The summed E-state index contributed by atoms with van der Waals surface area (Å²) in [7, 11) is 0. The van der Waals surface area contributed by atoms with E-state index in [0.717, 1.165) is 24.1 Å². The first-order chi connectivity index (χ1) is 13.5. The third-order valence-electron chi connectivity index (χ3n) is 5.08. The maximum Gasteiger partial charge on any atom is 0.251 e. The molecule has 28 heavy (non-hydrogen) atoms. The van der Waals surface area contributed by atoms with Gasteiger partial charge in [0.15, 0.2) is 0 Å². The molecule has 1 fully saturated rings. The topological polar surface area (TPSA) is 84.4 Å². The molecule has 1 aliphatic carbocycles. The molecule has 1 amide bonds. The Morgan fingerprint density at radius 1 is 1.29 bits per heavy atom. The van der Waals surface area contributed by atoms with Crippen LogP contribution in [0, 0.1) is 0 Å². The van der Waals surface area contributed by atoms with Crippen molar-refractivity contribution in [3.8, 4) is 0 Å². The van der Waals surface area contributed by atoms with Crippen LogP contribution in [0.3, 0.4) is 0 Å². The minimum Gasteiger partial charge on any atom is -0.402 e. The van der Waals surface area contributed by atoms with Gasteiger partial charge in [-0.25, -0.2) is 0 Å². The van der Waals surface area contributed by atoms with Crippen LogP contribution in [0.25, 0.3) is 0 Å². The monoisotopic (exact) mass is 382 g/mol. The molecular formula is C23H34N4O. The molecule has 0 heterocycles. The Kier molecular flexibility index (Phi) is 8.66. The predicted molar refractivity (Wildman–Crippen MR) is 116 cm³/mol. The second-order valence-electron chi connectivity index (χ2n) is 7.44. The highest BCUT2D eigenvalue weighted by Crippen LogP contribution is 2.18. The molecule has 0 atom stereocenters. The summed E-state index contributed by atoms with van der Waals surface area (Å²) in [6.45, 7) is 7.10. The SMILES string of the molecule is C=C(N)N(CC/C(N)=C\C=C/C)Cc1cccc(C(=O)NC2CCCCC2)c1. The molecule has 0 bridgehead atoms. The third-order valence-corrected chi connectivity index (χ3v) is 5.08. The molecule has 0 aliphatic heterocycles. The third kappa shape index (κ3) is 7.14. The molecule has 1 saturated carbocycles. The van der Waals surface area contributed by atoms with Crippen molar-refractivity contribution in [2.45, 2.75) is 58.0 Å². The highest BCUT2D eigenvalue weighted by Gasteiger charge is 2.17. The van der Waals surface area contributed by atoms with E-state index in [1.807, 2.05) is 54.3 Å². The molecule has 5 nitrogen and oxygen atoms in total. The van der Waals surface area contributed by atoms with E-state index in [1.165, 1.54) is 19.3 Å². The van der Waals surface area contributed by atoms with E-state index in [2.05, 4.69) is 11.9 Å². The molecule has 1 aromatic rings. The first-order valence-electron chi connectivity index (χ1n) is 10.2. The maximum atomic E-state index is 12.6. The van der Waals surface area contributed by atoms with Gasteiger partial charge in [-0.15, -0.1) is 0 Å². The van der Waals surface area contributed by atoms with Crippen LogP contribution < -0.4 is 16.8 Å². The normalized spacial score (nSPS) is 15.5. The highest BCUT2D eigenvalue weighted by atomic mass is 16.1. The van der Waals surface area contributed by atoms with Crippen molar-refractivity contribution in [3.05, 3.63) is 71.7 Å². The van der Waals surface area contributed by atoms with Crippen molar-refractivity contribution in [2.24, 2.45) is 11.5 Å². The second kappa shape index (κ2) is 11.2. The molecule has 152 valence electrons. The molecule has 0 radical (unpaired) electrons. The van der Waals surface area contributed by atoms with E-state index in [0.29, 0.717) is 36.9 Å². The number of nitrogens with two attached hydrogens (primary N) is 2. The number of nitrogens with one attached hydrogen (secondary N) is 1. The molecule has 1 aliphatic rings. The molecule has 2 rings (SSSR count). The van der Waals surface area contributed by atoms with Crippen LogP contribution in [-0.4, -0.2) is 23.4 Å². The van der Waals surface area contributed by atoms with Crippen molar-refractivity contribution in [1.29, 1.82) is 0 Å². The van der Waals surface area contributed by atoms with Gasteiger partial charge in [0.2, 0.25) is 0 Å². The van der Waals surface area contributed by atoms with Gasteiger partial charge >= 0.3 is 0 Å². The van der Waals surface area contributed by atoms with Gasteiger partial charge in [-0.05, 0) is 43.5 Å². The lowest BCUT2D eigenvalue weighted by molar-refractivity contribution is 0.0927. The lowest BCUT2D eigenvalue weighted by atomic mass is 9.95. The number of carbonyl (C=O) groups is 1. The van der Waals surface area contributed by atoms with E-state index >= 15 is 0 Å². The molecule has 0 spiro atoms. The summed E-state index contributed by atoms with van der Waals surface area (Å²) < 4.78 is 0. The van der Waals surface area contributed by atoms with E-state index in [4.69, 9.17) is 11.5 Å². The number of rotatable bonds is 9.